The Kier molecular flexibility index (Phi) is 8.24. The van der Waals surface area contributed by atoms with Crippen LogP contribution in [0.15, 0.2) is 265 Å². The zero-order chi connectivity index (χ0) is 46.0. The summed E-state index contributed by atoms with van der Waals surface area (Å²) in [7, 11) is 0. The fourth-order valence-corrected chi connectivity index (χ4v) is 13.2. The van der Waals surface area contributed by atoms with Crippen LogP contribution in [0.4, 0.5) is 17.1 Å². The lowest BCUT2D eigenvalue weighted by molar-refractivity contribution is 0.670. The van der Waals surface area contributed by atoms with Crippen LogP contribution in [0.3, 0.4) is 0 Å². The number of rotatable bonds is 6. The van der Waals surface area contributed by atoms with E-state index in [2.05, 4.69) is 266 Å². The Morgan fingerprint density at radius 2 is 0.714 bits per heavy atom. The van der Waals surface area contributed by atoms with Crippen molar-refractivity contribution >= 4 is 39.0 Å². The summed E-state index contributed by atoms with van der Waals surface area (Å²) in [6.45, 7) is 0. The molecule has 2 nitrogen and oxygen atoms in total. The Morgan fingerprint density at radius 1 is 0.286 bits per heavy atom. The van der Waals surface area contributed by atoms with Crippen molar-refractivity contribution in [2.45, 2.75) is 10.8 Å². The summed E-state index contributed by atoms with van der Waals surface area (Å²) >= 11 is 0. The molecule has 0 saturated carbocycles. The third-order valence-electron chi connectivity index (χ3n) is 15.8. The summed E-state index contributed by atoms with van der Waals surface area (Å²) in [5, 5.41) is 2.16. The maximum Gasteiger partial charge on any atom is 0.145 e. The largest absolute Gasteiger partial charge is 0.455 e. The van der Waals surface area contributed by atoms with E-state index in [1.54, 1.807) is 0 Å². The van der Waals surface area contributed by atoms with Gasteiger partial charge in [0.15, 0.2) is 0 Å². The molecular formula is C68H43NO. The second kappa shape index (κ2) is 14.8. The van der Waals surface area contributed by atoms with Gasteiger partial charge in [-0.15, -0.1) is 0 Å². The van der Waals surface area contributed by atoms with Crippen molar-refractivity contribution in [1.82, 2.24) is 0 Å². The molecule has 3 aliphatic carbocycles. The molecule has 0 amide bonds. The molecule has 0 saturated heterocycles. The van der Waals surface area contributed by atoms with Crippen LogP contribution < -0.4 is 4.90 Å². The second-order valence-electron chi connectivity index (χ2n) is 18.9. The predicted octanol–water partition coefficient (Wildman–Crippen LogP) is 17.4. The first-order chi connectivity index (χ1) is 34.8. The topological polar surface area (TPSA) is 16.4 Å². The van der Waals surface area contributed by atoms with Gasteiger partial charge < -0.3 is 9.32 Å². The van der Waals surface area contributed by atoms with E-state index in [9.17, 15) is 0 Å². The number of nitrogens with zero attached hydrogens (tertiary/aromatic N) is 1. The molecule has 11 aromatic carbocycles. The minimum atomic E-state index is -0.586. The molecule has 0 N–H and O–H groups in total. The molecule has 0 unspecified atom stereocenters. The minimum Gasteiger partial charge on any atom is -0.455 e. The Balaban J connectivity index is 1.11. The Bertz CT molecular complexity index is 3890. The van der Waals surface area contributed by atoms with Crippen LogP contribution in [0.2, 0.25) is 0 Å². The molecule has 0 aliphatic heterocycles. The van der Waals surface area contributed by atoms with Crippen molar-refractivity contribution in [3.63, 3.8) is 0 Å². The van der Waals surface area contributed by atoms with Crippen molar-refractivity contribution in [2.24, 2.45) is 0 Å². The van der Waals surface area contributed by atoms with E-state index >= 15 is 0 Å². The molecule has 1 heterocycles. The van der Waals surface area contributed by atoms with E-state index in [4.69, 9.17) is 4.42 Å². The predicted molar refractivity (Wildman–Crippen MR) is 287 cm³/mol. The van der Waals surface area contributed by atoms with Gasteiger partial charge in [-0.05, 0) is 103 Å². The maximum absolute atomic E-state index is 7.07. The molecule has 70 heavy (non-hydrogen) atoms. The lowest BCUT2D eigenvalue weighted by Crippen LogP contribution is -2.28. The van der Waals surface area contributed by atoms with Crippen LogP contribution in [0.5, 0.6) is 0 Å². The van der Waals surface area contributed by atoms with Crippen molar-refractivity contribution in [2.75, 3.05) is 4.90 Å². The number of hydrogen-bond donors (Lipinski definition) is 0. The van der Waals surface area contributed by atoms with Gasteiger partial charge >= 0.3 is 0 Å². The summed E-state index contributed by atoms with van der Waals surface area (Å²) in [5.41, 5.74) is 23.8. The van der Waals surface area contributed by atoms with Gasteiger partial charge in [-0.3, -0.25) is 0 Å². The molecule has 0 bridgehead atoms. The molecule has 12 aromatic rings. The SMILES string of the molecule is c1ccc(-c2ccc(N(c3cccc4c3-c3ccccc3C4(c3ccccc3)c3ccccc3)c3cccc4c3-c3ccccc3C43c4ccccc4-c4ccccc43)c3c2oc2ccccc23)cc1. The highest BCUT2D eigenvalue weighted by molar-refractivity contribution is 6.18. The molecule has 3 aliphatic rings. The monoisotopic (exact) mass is 889 g/mol. The van der Waals surface area contributed by atoms with E-state index in [0.717, 1.165) is 50.1 Å². The number of hydrogen-bond acceptors (Lipinski definition) is 2. The van der Waals surface area contributed by atoms with Crippen molar-refractivity contribution in [3.8, 4) is 44.5 Å². The summed E-state index contributed by atoms with van der Waals surface area (Å²) in [5.74, 6) is 0. The van der Waals surface area contributed by atoms with Crippen LogP contribution in [0.25, 0.3) is 66.4 Å². The standard InChI is InChI=1S/C68H43NO/c1-4-22-44(23-5-1)47-42-43-61(65-52-32-14-19-41-62(52)70-66(47)65)69(59-39-20-37-57-63(59)50-30-12-17-35-55(50)67(57,45-24-6-2-7-25-45)46-26-8-3-9-27-46)60-40-21-38-58-64(60)51-31-13-18-36-56(51)68(58)53-33-15-10-28-48(53)49-29-11-16-34-54(49)68/h1-43H. The molecule has 0 atom stereocenters. The van der Waals surface area contributed by atoms with Gasteiger partial charge in [0.05, 0.1) is 33.3 Å². The van der Waals surface area contributed by atoms with Crippen molar-refractivity contribution in [1.29, 1.82) is 0 Å². The first-order valence-electron chi connectivity index (χ1n) is 24.3. The van der Waals surface area contributed by atoms with Gasteiger partial charge in [-0.2, -0.15) is 0 Å². The number of benzene rings is 11. The third-order valence-corrected chi connectivity index (χ3v) is 15.8. The van der Waals surface area contributed by atoms with Gasteiger partial charge in [0.2, 0.25) is 0 Å². The van der Waals surface area contributed by atoms with Gasteiger partial charge in [0.25, 0.3) is 0 Å². The van der Waals surface area contributed by atoms with Crippen LogP contribution in [0.1, 0.15) is 44.5 Å². The number of furan rings is 1. The number of fused-ring (bicyclic) bond motifs is 16. The molecule has 0 radical (unpaired) electrons. The van der Waals surface area contributed by atoms with Crippen molar-refractivity contribution in [3.05, 3.63) is 305 Å². The van der Waals surface area contributed by atoms with E-state index in [1.807, 2.05) is 0 Å². The van der Waals surface area contributed by atoms with Gasteiger partial charge in [0.1, 0.15) is 11.2 Å². The second-order valence-corrected chi connectivity index (χ2v) is 18.9. The van der Waals surface area contributed by atoms with Gasteiger partial charge in [-0.25, -0.2) is 0 Å². The third kappa shape index (κ3) is 5.02. The van der Waals surface area contributed by atoms with Crippen LogP contribution in [-0.2, 0) is 10.8 Å². The zero-order valence-corrected chi connectivity index (χ0v) is 38.2. The van der Waals surface area contributed by atoms with E-state index in [-0.39, 0.29) is 0 Å². The summed E-state index contributed by atoms with van der Waals surface area (Å²) in [4.78, 5) is 2.60. The number of anilines is 3. The molecule has 2 heteroatoms. The summed E-state index contributed by atoms with van der Waals surface area (Å²) in [6.07, 6.45) is 0. The van der Waals surface area contributed by atoms with E-state index in [0.29, 0.717) is 0 Å². The first-order valence-corrected chi connectivity index (χ1v) is 24.3. The lowest BCUT2D eigenvalue weighted by Gasteiger charge is -2.35. The minimum absolute atomic E-state index is 0.517. The maximum atomic E-state index is 7.07. The molecule has 15 rings (SSSR count). The Morgan fingerprint density at radius 3 is 1.29 bits per heavy atom. The summed E-state index contributed by atoms with van der Waals surface area (Å²) in [6, 6.07) is 96.7. The normalized spacial score (nSPS) is 13.9. The summed E-state index contributed by atoms with van der Waals surface area (Å²) < 4.78 is 7.07. The van der Waals surface area contributed by atoms with Crippen LogP contribution in [-0.4, -0.2) is 0 Å². The quantitative estimate of drug-likeness (QED) is 0.165. The highest BCUT2D eigenvalue weighted by atomic mass is 16.3. The molecule has 1 spiro atoms. The van der Waals surface area contributed by atoms with Gasteiger partial charge in [-0.1, -0.05) is 231 Å². The lowest BCUT2D eigenvalue weighted by atomic mass is 9.68. The highest BCUT2D eigenvalue weighted by Gasteiger charge is 2.53. The van der Waals surface area contributed by atoms with E-state index < -0.39 is 10.8 Å². The molecule has 1 aromatic heterocycles. The average Bonchev–Trinajstić information content (AvgIpc) is 4.16. The van der Waals surface area contributed by atoms with Gasteiger partial charge in [0, 0.05) is 22.1 Å². The molecule has 326 valence electrons. The van der Waals surface area contributed by atoms with Crippen molar-refractivity contribution < 1.29 is 4.42 Å². The molecule has 0 fully saturated rings. The fraction of sp³-hybridized carbons (Fsp3) is 0.0294. The number of para-hydroxylation sites is 1. The highest BCUT2D eigenvalue weighted by Crippen LogP contribution is 2.66. The fourth-order valence-electron chi connectivity index (χ4n) is 13.2. The molecular weight excluding hydrogens is 847 g/mol. The first kappa shape index (κ1) is 39.1. The smallest absolute Gasteiger partial charge is 0.145 e. The van der Waals surface area contributed by atoms with Crippen LogP contribution >= 0.6 is 0 Å². The van der Waals surface area contributed by atoms with Crippen LogP contribution in [0, 0.1) is 0 Å². The van der Waals surface area contributed by atoms with E-state index in [1.165, 1.54) is 77.9 Å². The zero-order valence-electron chi connectivity index (χ0n) is 38.2. The average molecular weight is 890 g/mol. The Labute approximate surface area is 407 Å². The Hall–Kier alpha value is -8.98.